The summed E-state index contributed by atoms with van der Waals surface area (Å²) in [6.07, 6.45) is 3.49. The van der Waals surface area contributed by atoms with Crippen molar-refractivity contribution >= 4 is 29.6 Å². The minimum atomic E-state index is -0.0834. The number of isocyanates is 1. The van der Waals surface area contributed by atoms with E-state index in [0.29, 0.717) is 0 Å². The Hall–Kier alpha value is -0.700. The second-order valence-electron chi connectivity index (χ2n) is 2.19. The predicted molar refractivity (Wildman–Crippen MR) is 57.7 cm³/mol. The van der Waals surface area contributed by atoms with Crippen LogP contribution >= 0.6 is 23.5 Å². The lowest BCUT2D eigenvalue weighted by Gasteiger charge is -2.05. The Morgan fingerprint density at radius 1 is 1.38 bits per heavy atom. The van der Waals surface area contributed by atoms with E-state index >= 15 is 0 Å². The number of hydrogen-bond donors (Lipinski definition) is 0. The van der Waals surface area contributed by atoms with Crippen molar-refractivity contribution in [2.24, 2.45) is 4.99 Å². The van der Waals surface area contributed by atoms with Gasteiger partial charge in [0, 0.05) is 4.90 Å². The number of benzene rings is 1. The van der Waals surface area contributed by atoms with E-state index < -0.39 is 0 Å². The summed E-state index contributed by atoms with van der Waals surface area (Å²) in [5.41, 5.74) is 0. The molecule has 0 aliphatic rings. The highest BCUT2D eigenvalue weighted by Gasteiger charge is 2.05. The summed E-state index contributed by atoms with van der Waals surface area (Å²) < 4.78 is -0.0834. The summed E-state index contributed by atoms with van der Waals surface area (Å²) in [7, 11) is 0. The number of thioether (sulfide) groups is 2. The first-order valence-corrected chi connectivity index (χ1v) is 5.85. The zero-order valence-electron chi connectivity index (χ0n) is 7.14. The molecule has 13 heavy (non-hydrogen) atoms. The van der Waals surface area contributed by atoms with Crippen LogP contribution in [0, 0.1) is 0 Å². The van der Waals surface area contributed by atoms with Gasteiger partial charge in [-0.2, -0.15) is 4.99 Å². The Morgan fingerprint density at radius 2 is 2.08 bits per heavy atom. The smallest absolute Gasteiger partial charge is 0.211 e. The van der Waals surface area contributed by atoms with Gasteiger partial charge in [0.1, 0.15) is 0 Å². The maximum atomic E-state index is 10.0. The number of rotatable bonds is 4. The highest BCUT2D eigenvalue weighted by molar-refractivity contribution is 8.16. The van der Waals surface area contributed by atoms with Crippen LogP contribution in [0.4, 0.5) is 0 Å². The molecule has 0 radical (unpaired) electrons. The lowest BCUT2D eigenvalue weighted by atomic mass is 10.4. The highest BCUT2D eigenvalue weighted by atomic mass is 32.2. The third kappa shape index (κ3) is 3.68. The molecule has 68 valence electrons. The van der Waals surface area contributed by atoms with Crippen LogP contribution in [0.5, 0.6) is 0 Å². The van der Waals surface area contributed by atoms with Crippen molar-refractivity contribution in [2.45, 2.75) is 9.60 Å². The van der Waals surface area contributed by atoms with Gasteiger partial charge in [0.2, 0.25) is 6.08 Å². The van der Waals surface area contributed by atoms with Gasteiger partial charge in [-0.05, 0) is 18.4 Å². The van der Waals surface area contributed by atoms with Gasteiger partial charge in [-0.1, -0.05) is 30.0 Å². The topological polar surface area (TPSA) is 29.4 Å². The van der Waals surface area contributed by atoms with E-state index in [4.69, 9.17) is 0 Å². The van der Waals surface area contributed by atoms with Crippen LogP contribution in [0.3, 0.4) is 0 Å². The summed E-state index contributed by atoms with van der Waals surface area (Å²) in [6, 6.07) is 9.87. The molecular formula is C9H9NOS2. The second-order valence-corrected chi connectivity index (χ2v) is 4.56. The summed E-state index contributed by atoms with van der Waals surface area (Å²) >= 11 is 3.07. The molecule has 0 aliphatic carbocycles. The van der Waals surface area contributed by atoms with Gasteiger partial charge in [0.05, 0.1) is 0 Å². The Bertz CT molecular complexity index is 296. The molecule has 0 fully saturated rings. The van der Waals surface area contributed by atoms with E-state index in [2.05, 4.69) is 4.99 Å². The molecule has 2 nitrogen and oxygen atoms in total. The molecule has 0 heterocycles. The van der Waals surface area contributed by atoms with E-state index in [0.717, 1.165) is 4.90 Å². The van der Waals surface area contributed by atoms with Crippen LogP contribution in [-0.2, 0) is 4.79 Å². The van der Waals surface area contributed by atoms with Gasteiger partial charge in [-0.15, -0.1) is 11.8 Å². The molecule has 1 rings (SSSR count). The Balaban J connectivity index is 2.61. The molecule has 0 spiro atoms. The fraction of sp³-hybridized carbons (Fsp3) is 0.222. The van der Waals surface area contributed by atoms with Crippen molar-refractivity contribution in [1.82, 2.24) is 0 Å². The van der Waals surface area contributed by atoms with Gasteiger partial charge in [0.15, 0.2) is 4.71 Å². The first-order chi connectivity index (χ1) is 6.36. The third-order valence-corrected chi connectivity index (χ3v) is 3.57. The summed E-state index contributed by atoms with van der Waals surface area (Å²) in [5.74, 6) is 0. The zero-order chi connectivity index (χ0) is 9.52. The van der Waals surface area contributed by atoms with Crippen molar-refractivity contribution < 1.29 is 4.79 Å². The maximum absolute atomic E-state index is 10.0. The fourth-order valence-corrected chi connectivity index (χ4v) is 2.30. The maximum Gasteiger partial charge on any atom is 0.237 e. The van der Waals surface area contributed by atoms with Crippen LogP contribution in [0.15, 0.2) is 40.2 Å². The lowest BCUT2D eigenvalue weighted by molar-refractivity contribution is 0.564. The van der Waals surface area contributed by atoms with Gasteiger partial charge in [0.25, 0.3) is 0 Å². The molecule has 1 aromatic rings. The Kier molecular flexibility index (Phi) is 4.68. The Morgan fingerprint density at radius 3 is 2.62 bits per heavy atom. The number of nitrogens with zero attached hydrogens (tertiary/aromatic N) is 1. The van der Waals surface area contributed by atoms with Crippen LogP contribution < -0.4 is 0 Å². The first kappa shape index (κ1) is 10.4. The van der Waals surface area contributed by atoms with Crippen LogP contribution in [0.2, 0.25) is 0 Å². The summed E-state index contributed by atoms with van der Waals surface area (Å²) in [5, 5.41) is 0. The second kappa shape index (κ2) is 5.86. The van der Waals surface area contributed by atoms with E-state index in [9.17, 15) is 4.79 Å². The van der Waals surface area contributed by atoms with E-state index in [-0.39, 0.29) is 4.71 Å². The fourth-order valence-electron chi connectivity index (χ4n) is 0.786. The molecule has 0 saturated heterocycles. The van der Waals surface area contributed by atoms with Gasteiger partial charge in [-0.3, -0.25) is 0 Å². The molecule has 1 unspecified atom stereocenters. The van der Waals surface area contributed by atoms with Crippen molar-refractivity contribution in [3.63, 3.8) is 0 Å². The average molecular weight is 211 g/mol. The molecule has 1 aromatic carbocycles. The molecule has 0 saturated carbocycles. The van der Waals surface area contributed by atoms with Gasteiger partial charge >= 0.3 is 0 Å². The van der Waals surface area contributed by atoms with Crippen LogP contribution in [-0.4, -0.2) is 17.0 Å². The number of hydrogen-bond acceptors (Lipinski definition) is 4. The number of carbonyl (C=O) groups excluding carboxylic acids is 1. The SMILES string of the molecule is CSC(N=C=O)Sc1ccccc1. The van der Waals surface area contributed by atoms with Crippen molar-refractivity contribution in [3.05, 3.63) is 30.3 Å². The molecule has 0 aromatic heterocycles. The highest BCUT2D eigenvalue weighted by Crippen LogP contribution is 2.29. The average Bonchev–Trinajstić information content (AvgIpc) is 2.19. The molecule has 0 amide bonds. The van der Waals surface area contributed by atoms with E-state index in [1.807, 2.05) is 36.6 Å². The van der Waals surface area contributed by atoms with Gasteiger partial charge in [-0.25, -0.2) is 4.79 Å². The molecule has 4 heteroatoms. The molecular weight excluding hydrogens is 202 g/mol. The molecule has 0 N–H and O–H groups in total. The Labute approximate surface area is 85.8 Å². The summed E-state index contributed by atoms with van der Waals surface area (Å²) in [6.45, 7) is 0. The summed E-state index contributed by atoms with van der Waals surface area (Å²) in [4.78, 5) is 14.8. The minimum absolute atomic E-state index is 0.0834. The zero-order valence-corrected chi connectivity index (χ0v) is 8.77. The first-order valence-electron chi connectivity index (χ1n) is 3.68. The number of aliphatic imine (C=N–C) groups is 1. The predicted octanol–water partition coefficient (Wildman–Crippen LogP) is 2.76. The van der Waals surface area contributed by atoms with Crippen LogP contribution in [0.1, 0.15) is 0 Å². The van der Waals surface area contributed by atoms with Crippen molar-refractivity contribution in [1.29, 1.82) is 0 Å². The largest absolute Gasteiger partial charge is 0.237 e. The van der Waals surface area contributed by atoms with E-state index in [1.54, 1.807) is 17.8 Å². The van der Waals surface area contributed by atoms with Crippen molar-refractivity contribution in [2.75, 3.05) is 6.26 Å². The minimum Gasteiger partial charge on any atom is -0.211 e. The standard InChI is InChI=1S/C9H9NOS2/c1-12-9(10-7-11)13-8-5-3-2-4-6-8/h2-6,9H,1H3. The lowest BCUT2D eigenvalue weighted by Crippen LogP contribution is -1.89. The van der Waals surface area contributed by atoms with E-state index in [1.165, 1.54) is 11.8 Å². The van der Waals surface area contributed by atoms with Gasteiger partial charge < -0.3 is 0 Å². The normalized spacial score (nSPS) is 11.8. The third-order valence-electron chi connectivity index (χ3n) is 1.34. The molecule has 0 bridgehead atoms. The monoisotopic (exact) mass is 211 g/mol. The van der Waals surface area contributed by atoms with Crippen molar-refractivity contribution in [3.8, 4) is 0 Å². The van der Waals surface area contributed by atoms with Crippen LogP contribution in [0.25, 0.3) is 0 Å². The quantitative estimate of drug-likeness (QED) is 0.332. The molecule has 0 aliphatic heterocycles. The molecule has 1 atom stereocenters.